The summed E-state index contributed by atoms with van der Waals surface area (Å²) in [6.45, 7) is 17.4. The van der Waals surface area contributed by atoms with Crippen LogP contribution in [0.5, 0.6) is 0 Å². The van der Waals surface area contributed by atoms with Gasteiger partial charge in [0, 0.05) is 27.3 Å². The topological polar surface area (TPSA) is 19.0 Å². The first-order valence-electron chi connectivity index (χ1n) is 16.0. The second-order valence-electron chi connectivity index (χ2n) is 11.9. The molecule has 0 aliphatic carbocycles. The molecule has 40 heavy (non-hydrogen) atoms. The molecule has 2 radical (unpaired) electrons. The van der Waals surface area contributed by atoms with Crippen molar-refractivity contribution < 1.29 is 0 Å². The number of aromatic nitrogens is 1. The van der Waals surface area contributed by atoms with Crippen molar-refractivity contribution >= 4 is 31.4 Å². The van der Waals surface area contributed by atoms with Crippen LogP contribution in [0.15, 0.2) is 60.9 Å². The van der Waals surface area contributed by atoms with Crippen molar-refractivity contribution in [1.29, 1.82) is 0 Å². The summed E-state index contributed by atoms with van der Waals surface area (Å²) in [5.74, 6) is 0. The third-order valence-corrected chi connectivity index (χ3v) is 9.40. The summed E-state index contributed by atoms with van der Waals surface area (Å²) in [4.78, 5) is 5.86. The predicted molar refractivity (Wildman–Crippen MR) is 184 cm³/mol. The Morgan fingerprint density at radius 1 is 0.925 bits per heavy atom. The Hall–Kier alpha value is -1.65. The molecular weight excluding hydrogens is 503 g/mol. The SMILES string of the molecule is [B]C(S)(c1c[nH]c2cccc(CC(=C)CCCCCCC/C=C\C/C=C\CCCCC)c12)C(C)(C)N(CC)CC. The molecule has 0 saturated carbocycles. The van der Waals surface area contributed by atoms with Gasteiger partial charge >= 0.3 is 0 Å². The van der Waals surface area contributed by atoms with Gasteiger partial charge in [-0.1, -0.05) is 101 Å². The van der Waals surface area contributed by atoms with Gasteiger partial charge in [0.2, 0.25) is 0 Å². The molecule has 4 heteroatoms. The molecule has 2 rings (SSSR count). The second kappa shape index (κ2) is 18.0. The predicted octanol–water partition coefficient (Wildman–Crippen LogP) is 10.5. The van der Waals surface area contributed by atoms with Gasteiger partial charge in [-0.25, -0.2) is 0 Å². The van der Waals surface area contributed by atoms with Gasteiger partial charge in [-0.3, -0.25) is 4.90 Å². The number of nitrogens with zero attached hydrogens (tertiary/aromatic N) is 1. The summed E-state index contributed by atoms with van der Waals surface area (Å²) in [7, 11) is 7.05. The van der Waals surface area contributed by atoms with E-state index in [0.717, 1.165) is 43.4 Å². The average Bonchev–Trinajstić information content (AvgIpc) is 3.37. The Labute approximate surface area is 254 Å². The first-order valence-corrected chi connectivity index (χ1v) is 16.5. The van der Waals surface area contributed by atoms with Gasteiger partial charge < -0.3 is 4.98 Å². The van der Waals surface area contributed by atoms with E-state index in [9.17, 15) is 0 Å². The first kappa shape index (κ1) is 34.6. The molecule has 2 aromatic rings. The van der Waals surface area contributed by atoms with Crippen molar-refractivity contribution in [3.63, 3.8) is 0 Å². The zero-order chi connectivity index (χ0) is 29.4. The van der Waals surface area contributed by atoms with Crippen molar-refractivity contribution in [2.75, 3.05) is 13.1 Å². The number of fused-ring (bicyclic) bond motifs is 1. The van der Waals surface area contributed by atoms with E-state index >= 15 is 0 Å². The molecule has 0 amide bonds. The number of thiol groups is 1. The molecule has 0 fully saturated rings. The number of aromatic amines is 1. The Kier molecular flexibility index (Phi) is 15.6. The van der Waals surface area contributed by atoms with E-state index < -0.39 is 4.65 Å². The highest BCUT2D eigenvalue weighted by atomic mass is 32.1. The van der Waals surface area contributed by atoms with Crippen LogP contribution in [0.25, 0.3) is 10.9 Å². The molecule has 1 aromatic heterocycles. The van der Waals surface area contributed by atoms with E-state index in [-0.39, 0.29) is 5.54 Å². The van der Waals surface area contributed by atoms with Crippen LogP contribution in [0.1, 0.15) is 123 Å². The lowest BCUT2D eigenvalue weighted by atomic mass is 9.66. The summed E-state index contributed by atoms with van der Waals surface area (Å²) in [5.41, 5.74) is 4.47. The third-order valence-electron chi connectivity index (χ3n) is 8.61. The minimum absolute atomic E-state index is 0.320. The number of benzene rings is 1. The number of hydrogen-bond acceptors (Lipinski definition) is 2. The number of nitrogens with one attached hydrogen (secondary N) is 1. The van der Waals surface area contributed by atoms with E-state index in [1.807, 2.05) is 0 Å². The largest absolute Gasteiger partial charge is 0.361 e. The van der Waals surface area contributed by atoms with Crippen LogP contribution in [0.3, 0.4) is 0 Å². The maximum Gasteiger partial charge on any atom is 0.0981 e. The lowest BCUT2D eigenvalue weighted by Gasteiger charge is -2.49. The molecule has 1 atom stereocenters. The Morgan fingerprint density at radius 3 is 2.20 bits per heavy atom. The van der Waals surface area contributed by atoms with E-state index in [1.54, 1.807) is 0 Å². The van der Waals surface area contributed by atoms with Gasteiger partial charge in [0.25, 0.3) is 0 Å². The van der Waals surface area contributed by atoms with Crippen LogP contribution < -0.4 is 0 Å². The molecule has 1 N–H and O–H groups in total. The number of unbranched alkanes of at least 4 members (excludes halogenated alkanes) is 8. The molecule has 1 unspecified atom stereocenters. The van der Waals surface area contributed by atoms with Gasteiger partial charge in [-0.15, -0.1) is 0 Å². The summed E-state index contributed by atoms with van der Waals surface area (Å²) in [5, 5.41) is 1.21. The van der Waals surface area contributed by atoms with E-state index in [2.05, 4.69) is 99.8 Å². The highest BCUT2D eigenvalue weighted by molar-refractivity contribution is 7.82. The van der Waals surface area contributed by atoms with Crippen molar-refractivity contribution in [3.8, 4) is 0 Å². The van der Waals surface area contributed by atoms with Crippen molar-refractivity contribution in [3.05, 3.63) is 72.0 Å². The van der Waals surface area contributed by atoms with Gasteiger partial charge in [0.05, 0.1) is 7.85 Å². The number of allylic oxidation sites excluding steroid dienone is 5. The second-order valence-corrected chi connectivity index (χ2v) is 12.7. The van der Waals surface area contributed by atoms with Gasteiger partial charge in [-0.2, -0.15) is 12.6 Å². The lowest BCUT2D eigenvalue weighted by Crippen LogP contribution is -2.56. The van der Waals surface area contributed by atoms with E-state index in [4.69, 9.17) is 20.5 Å². The maximum atomic E-state index is 7.05. The Bertz CT molecular complexity index is 1060. The number of H-pyrrole nitrogens is 1. The zero-order valence-corrected chi connectivity index (χ0v) is 27.3. The number of likely N-dealkylation sites (N-methyl/N-ethyl adjacent to an activating group) is 1. The minimum atomic E-state index is -0.811. The first-order chi connectivity index (χ1) is 19.2. The maximum absolute atomic E-state index is 7.05. The highest BCUT2D eigenvalue weighted by Crippen LogP contribution is 2.44. The molecular formula is C36H57BN2S. The van der Waals surface area contributed by atoms with Gasteiger partial charge in [0.1, 0.15) is 0 Å². The molecule has 1 heterocycles. The fourth-order valence-electron chi connectivity index (χ4n) is 5.84. The zero-order valence-electron chi connectivity index (χ0n) is 26.4. The summed E-state index contributed by atoms with van der Waals surface area (Å²) in [6, 6.07) is 6.50. The molecule has 220 valence electrons. The fourth-order valence-corrected chi connectivity index (χ4v) is 6.16. The molecule has 1 aromatic carbocycles. The summed E-state index contributed by atoms with van der Waals surface area (Å²) >= 11 is 5.11. The standard InChI is InChI=1S/C36H57BN2S/c1-7-10-11-12-13-14-15-16-17-18-19-20-21-22-23-25-30(4)28-31-26-24-27-33-34(31)32(29-38-33)36(37,40)35(5,6)39(8-2)9-3/h13-14,16-17,24,26-27,29,38,40H,4,7-12,15,18-23,25,28H2,1-3,5-6H3/b14-13-,17-16-. The average molecular weight is 561 g/mol. The van der Waals surface area contributed by atoms with Crippen LogP contribution in [0.4, 0.5) is 0 Å². The molecule has 2 nitrogen and oxygen atoms in total. The van der Waals surface area contributed by atoms with E-state index in [0.29, 0.717) is 0 Å². The Morgan fingerprint density at radius 2 is 1.55 bits per heavy atom. The molecule has 0 spiro atoms. The third kappa shape index (κ3) is 10.0. The van der Waals surface area contributed by atoms with Crippen LogP contribution >= 0.6 is 12.6 Å². The quantitative estimate of drug-likeness (QED) is 0.0673. The summed E-state index contributed by atoms with van der Waals surface area (Å²) in [6.07, 6.45) is 27.3. The van der Waals surface area contributed by atoms with Gasteiger partial charge in [0.15, 0.2) is 0 Å². The van der Waals surface area contributed by atoms with Crippen molar-refractivity contribution in [1.82, 2.24) is 9.88 Å². The Balaban J connectivity index is 1.81. The van der Waals surface area contributed by atoms with Crippen LogP contribution in [0.2, 0.25) is 0 Å². The molecule has 0 bridgehead atoms. The number of rotatable bonds is 21. The lowest BCUT2D eigenvalue weighted by molar-refractivity contribution is 0.120. The highest BCUT2D eigenvalue weighted by Gasteiger charge is 2.43. The van der Waals surface area contributed by atoms with Crippen LogP contribution in [-0.2, 0) is 11.1 Å². The van der Waals surface area contributed by atoms with E-state index in [1.165, 1.54) is 80.7 Å². The monoisotopic (exact) mass is 560 g/mol. The normalized spacial score (nSPS) is 14.2. The van der Waals surface area contributed by atoms with Crippen molar-refractivity contribution in [2.45, 2.75) is 128 Å². The molecule has 0 aliphatic rings. The number of hydrogen-bond donors (Lipinski definition) is 2. The summed E-state index contributed by atoms with van der Waals surface area (Å²) < 4.78 is -0.811. The minimum Gasteiger partial charge on any atom is -0.361 e. The smallest absolute Gasteiger partial charge is 0.0981 e. The van der Waals surface area contributed by atoms with Gasteiger partial charge in [-0.05, 0) is 95.5 Å². The van der Waals surface area contributed by atoms with Crippen LogP contribution in [-0.4, -0.2) is 36.4 Å². The van der Waals surface area contributed by atoms with Crippen LogP contribution in [0, 0.1) is 0 Å². The fraction of sp³-hybridized carbons (Fsp3) is 0.611. The molecule has 0 saturated heterocycles. The van der Waals surface area contributed by atoms with Crippen molar-refractivity contribution in [2.24, 2.45) is 0 Å². The molecule has 0 aliphatic heterocycles.